The fourth-order valence-electron chi connectivity index (χ4n) is 1.89. The van der Waals surface area contributed by atoms with Crippen LogP contribution in [0.3, 0.4) is 0 Å². The zero-order valence-electron chi connectivity index (χ0n) is 8.78. The van der Waals surface area contributed by atoms with E-state index in [1.54, 1.807) is 0 Å². The van der Waals surface area contributed by atoms with Crippen molar-refractivity contribution in [3.05, 3.63) is 11.8 Å². The maximum atomic E-state index is 5.63. The highest BCUT2D eigenvalue weighted by atomic mass is 16.4. The van der Waals surface area contributed by atoms with Gasteiger partial charge in [0.25, 0.3) is 0 Å². The first kappa shape index (κ1) is 9.30. The van der Waals surface area contributed by atoms with Gasteiger partial charge < -0.3 is 9.73 Å². The van der Waals surface area contributed by atoms with E-state index in [4.69, 9.17) is 4.42 Å². The number of aromatic nitrogens is 2. The number of hydrogen-bond donors (Lipinski definition) is 1. The second-order valence-electron chi connectivity index (χ2n) is 4.33. The van der Waals surface area contributed by atoms with Gasteiger partial charge in [-0.15, -0.1) is 10.2 Å². The maximum absolute atomic E-state index is 5.63. The van der Waals surface area contributed by atoms with E-state index < -0.39 is 0 Å². The third-order valence-corrected chi connectivity index (χ3v) is 2.98. The molecule has 5 nitrogen and oxygen atoms in total. The average molecular weight is 208 g/mol. The van der Waals surface area contributed by atoms with Crippen LogP contribution in [-0.4, -0.2) is 41.3 Å². The SMILES string of the molecule is C1CN(Cc2nnc(C3CC3)o2)CCN1. The number of piperazine rings is 1. The summed E-state index contributed by atoms with van der Waals surface area (Å²) in [6.07, 6.45) is 2.44. The van der Waals surface area contributed by atoms with Crippen molar-refractivity contribution in [3.8, 4) is 0 Å². The molecule has 0 unspecified atom stereocenters. The Labute approximate surface area is 88.9 Å². The van der Waals surface area contributed by atoms with Crippen molar-refractivity contribution in [1.29, 1.82) is 0 Å². The van der Waals surface area contributed by atoms with Gasteiger partial charge in [-0.2, -0.15) is 0 Å². The molecule has 2 fully saturated rings. The molecular formula is C10H16N4O. The minimum atomic E-state index is 0.564. The lowest BCUT2D eigenvalue weighted by atomic mass is 10.3. The Hall–Kier alpha value is -0.940. The molecule has 3 rings (SSSR count). The van der Waals surface area contributed by atoms with Crippen LogP contribution in [0.1, 0.15) is 30.5 Å². The molecule has 0 aromatic carbocycles. The molecule has 0 spiro atoms. The molecule has 1 aromatic heterocycles. The summed E-state index contributed by atoms with van der Waals surface area (Å²) in [4.78, 5) is 2.35. The van der Waals surface area contributed by atoms with E-state index in [1.807, 2.05) is 0 Å². The molecule has 1 saturated carbocycles. The molecule has 15 heavy (non-hydrogen) atoms. The molecule has 2 aliphatic rings. The fraction of sp³-hybridized carbons (Fsp3) is 0.800. The monoisotopic (exact) mass is 208 g/mol. The Morgan fingerprint density at radius 1 is 1.27 bits per heavy atom. The molecule has 5 heteroatoms. The van der Waals surface area contributed by atoms with Crippen LogP contribution in [0, 0.1) is 0 Å². The van der Waals surface area contributed by atoms with Crippen molar-refractivity contribution in [2.75, 3.05) is 26.2 Å². The molecule has 1 aliphatic carbocycles. The Kier molecular flexibility index (Phi) is 2.42. The van der Waals surface area contributed by atoms with Crippen LogP contribution >= 0.6 is 0 Å². The minimum absolute atomic E-state index is 0.564. The Balaban J connectivity index is 1.60. The molecule has 0 atom stereocenters. The third-order valence-electron chi connectivity index (χ3n) is 2.98. The number of rotatable bonds is 3. The number of nitrogens with one attached hydrogen (secondary N) is 1. The second kappa shape index (κ2) is 3.90. The smallest absolute Gasteiger partial charge is 0.230 e. The molecule has 1 aromatic rings. The summed E-state index contributed by atoms with van der Waals surface area (Å²) in [6, 6.07) is 0. The summed E-state index contributed by atoms with van der Waals surface area (Å²) in [7, 11) is 0. The van der Waals surface area contributed by atoms with Gasteiger partial charge in [0.15, 0.2) is 0 Å². The predicted octanol–water partition coefficient (Wildman–Crippen LogP) is 0.352. The van der Waals surface area contributed by atoms with E-state index in [9.17, 15) is 0 Å². The summed E-state index contributed by atoms with van der Waals surface area (Å²) >= 11 is 0. The molecule has 0 radical (unpaired) electrons. The van der Waals surface area contributed by atoms with Crippen LogP contribution in [0.2, 0.25) is 0 Å². The van der Waals surface area contributed by atoms with Gasteiger partial charge in [0.1, 0.15) is 0 Å². The van der Waals surface area contributed by atoms with Gasteiger partial charge in [-0.05, 0) is 12.8 Å². The molecule has 0 bridgehead atoms. The Morgan fingerprint density at radius 2 is 2.07 bits per heavy atom. The molecule has 1 N–H and O–H groups in total. The van der Waals surface area contributed by atoms with E-state index in [0.29, 0.717) is 5.92 Å². The minimum Gasteiger partial charge on any atom is -0.424 e. The lowest BCUT2D eigenvalue weighted by molar-refractivity contribution is 0.210. The normalized spacial score (nSPS) is 23.2. The fourth-order valence-corrected chi connectivity index (χ4v) is 1.89. The first-order valence-corrected chi connectivity index (χ1v) is 5.67. The van der Waals surface area contributed by atoms with E-state index in [2.05, 4.69) is 20.4 Å². The van der Waals surface area contributed by atoms with Crippen molar-refractivity contribution in [2.24, 2.45) is 0 Å². The Bertz CT molecular complexity index is 328. The standard InChI is InChI=1S/C10H16N4O/c1-2-8(1)10-13-12-9(15-10)7-14-5-3-11-4-6-14/h8,11H,1-7H2. The van der Waals surface area contributed by atoms with Gasteiger partial charge in [0.05, 0.1) is 6.54 Å². The van der Waals surface area contributed by atoms with Gasteiger partial charge in [0.2, 0.25) is 11.8 Å². The van der Waals surface area contributed by atoms with Crippen molar-refractivity contribution in [3.63, 3.8) is 0 Å². The lowest BCUT2D eigenvalue weighted by Crippen LogP contribution is -2.42. The highest BCUT2D eigenvalue weighted by Gasteiger charge is 2.29. The third kappa shape index (κ3) is 2.18. The van der Waals surface area contributed by atoms with Gasteiger partial charge in [-0.3, -0.25) is 4.90 Å². The molecule has 82 valence electrons. The molecular weight excluding hydrogens is 192 g/mol. The first-order valence-electron chi connectivity index (χ1n) is 5.67. The van der Waals surface area contributed by atoms with E-state index >= 15 is 0 Å². The quantitative estimate of drug-likeness (QED) is 0.777. The zero-order chi connectivity index (χ0) is 10.1. The van der Waals surface area contributed by atoms with Gasteiger partial charge in [-0.1, -0.05) is 0 Å². The van der Waals surface area contributed by atoms with Gasteiger partial charge in [0, 0.05) is 32.1 Å². The highest BCUT2D eigenvalue weighted by molar-refractivity contribution is 5.00. The average Bonchev–Trinajstić information content (AvgIpc) is 3.02. The molecule has 1 aliphatic heterocycles. The van der Waals surface area contributed by atoms with Crippen molar-refractivity contribution >= 4 is 0 Å². The number of hydrogen-bond acceptors (Lipinski definition) is 5. The van der Waals surface area contributed by atoms with Crippen LogP contribution in [-0.2, 0) is 6.54 Å². The first-order chi connectivity index (χ1) is 7.42. The Morgan fingerprint density at radius 3 is 2.80 bits per heavy atom. The molecule has 1 saturated heterocycles. The van der Waals surface area contributed by atoms with Gasteiger partial charge in [-0.25, -0.2) is 0 Å². The van der Waals surface area contributed by atoms with Gasteiger partial charge >= 0.3 is 0 Å². The van der Waals surface area contributed by atoms with E-state index in [1.165, 1.54) is 12.8 Å². The summed E-state index contributed by atoms with van der Waals surface area (Å²) in [5.74, 6) is 2.19. The summed E-state index contributed by atoms with van der Waals surface area (Å²) < 4.78 is 5.63. The zero-order valence-corrected chi connectivity index (χ0v) is 8.78. The summed E-state index contributed by atoms with van der Waals surface area (Å²) in [6.45, 7) is 5.07. The maximum Gasteiger partial charge on any atom is 0.230 e. The lowest BCUT2D eigenvalue weighted by Gasteiger charge is -2.25. The summed E-state index contributed by atoms with van der Waals surface area (Å²) in [5, 5.41) is 11.5. The van der Waals surface area contributed by atoms with Crippen molar-refractivity contribution in [2.45, 2.75) is 25.3 Å². The van der Waals surface area contributed by atoms with Crippen LogP contribution in [0.15, 0.2) is 4.42 Å². The largest absolute Gasteiger partial charge is 0.424 e. The van der Waals surface area contributed by atoms with Crippen molar-refractivity contribution < 1.29 is 4.42 Å². The van der Waals surface area contributed by atoms with Crippen LogP contribution < -0.4 is 5.32 Å². The van der Waals surface area contributed by atoms with Crippen LogP contribution in [0.25, 0.3) is 0 Å². The number of nitrogens with zero attached hydrogens (tertiary/aromatic N) is 3. The molecule has 2 heterocycles. The van der Waals surface area contributed by atoms with E-state index in [-0.39, 0.29) is 0 Å². The summed E-state index contributed by atoms with van der Waals surface area (Å²) in [5.41, 5.74) is 0. The van der Waals surface area contributed by atoms with E-state index in [0.717, 1.165) is 44.5 Å². The van der Waals surface area contributed by atoms with Crippen LogP contribution in [0.4, 0.5) is 0 Å². The molecule has 0 amide bonds. The second-order valence-corrected chi connectivity index (χ2v) is 4.33. The van der Waals surface area contributed by atoms with Crippen molar-refractivity contribution in [1.82, 2.24) is 20.4 Å². The van der Waals surface area contributed by atoms with Crippen LogP contribution in [0.5, 0.6) is 0 Å². The predicted molar refractivity (Wildman–Crippen MR) is 54.4 cm³/mol. The highest BCUT2D eigenvalue weighted by Crippen LogP contribution is 2.39. The topological polar surface area (TPSA) is 54.2 Å².